The normalized spacial score (nSPS) is 12.2. The maximum atomic E-state index is 13.3. The molecule has 0 radical (unpaired) electrons. The van der Waals surface area contributed by atoms with Crippen LogP contribution in [0.5, 0.6) is 0 Å². The lowest BCUT2D eigenvalue weighted by atomic mass is 10.1. The van der Waals surface area contributed by atoms with Gasteiger partial charge < -0.3 is 10.6 Å². The minimum Gasteiger partial charge on any atom is -0.350 e. The summed E-state index contributed by atoms with van der Waals surface area (Å²) in [6.45, 7) is 4.30. The van der Waals surface area contributed by atoms with E-state index in [1.165, 1.54) is 20.8 Å². The minimum absolute atomic E-state index is 0.0720. The highest BCUT2D eigenvalue weighted by atomic mass is 19.3. The molecule has 0 saturated heterocycles. The van der Waals surface area contributed by atoms with E-state index < -0.39 is 42.7 Å². The van der Waals surface area contributed by atoms with Crippen LogP contribution in [0.3, 0.4) is 0 Å². The Balaban J connectivity index is 4.60. The summed E-state index contributed by atoms with van der Waals surface area (Å²) in [5.41, 5.74) is -0.0720. The zero-order chi connectivity index (χ0) is 16.1. The molecular weight excluding hydrogens is 280 g/mol. The number of halogens is 4. The molecular formula is C12H18F4N2O2. The van der Waals surface area contributed by atoms with E-state index in [2.05, 4.69) is 6.58 Å². The van der Waals surface area contributed by atoms with Gasteiger partial charge in [0, 0.05) is 11.5 Å². The number of hydrogen-bond donors (Lipinski definition) is 2. The predicted molar refractivity (Wildman–Crippen MR) is 65.6 cm³/mol. The fraction of sp³-hybridized carbons (Fsp3) is 0.667. The Kier molecular flexibility index (Phi) is 6.18. The fourth-order valence-electron chi connectivity index (χ4n) is 1.00. The summed E-state index contributed by atoms with van der Waals surface area (Å²) in [6, 6.07) is 0. The average molecular weight is 298 g/mol. The first kappa shape index (κ1) is 18.4. The van der Waals surface area contributed by atoms with Gasteiger partial charge in [-0.1, -0.05) is 20.4 Å². The van der Waals surface area contributed by atoms with Gasteiger partial charge in [0.05, 0.1) is 13.1 Å². The molecule has 2 amide bonds. The average Bonchev–Trinajstić information content (AvgIpc) is 2.32. The van der Waals surface area contributed by atoms with E-state index in [1.807, 2.05) is 0 Å². The van der Waals surface area contributed by atoms with Crippen molar-refractivity contribution in [2.24, 2.45) is 5.92 Å². The second kappa shape index (κ2) is 6.71. The summed E-state index contributed by atoms with van der Waals surface area (Å²) in [7, 11) is 0. The van der Waals surface area contributed by atoms with E-state index in [4.69, 9.17) is 0 Å². The highest BCUT2D eigenvalue weighted by molar-refractivity contribution is 5.92. The van der Waals surface area contributed by atoms with Crippen LogP contribution in [0.25, 0.3) is 0 Å². The smallest absolute Gasteiger partial charge is 0.328 e. The highest BCUT2D eigenvalue weighted by Gasteiger charge is 2.56. The second-order valence-corrected chi connectivity index (χ2v) is 4.74. The molecule has 0 rings (SSSR count). The van der Waals surface area contributed by atoms with Crippen LogP contribution in [0.2, 0.25) is 0 Å². The van der Waals surface area contributed by atoms with Crippen molar-refractivity contribution in [3.05, 3.63) is 12.2 Å². The van der Waals surface area contributed by atoms with E-state index in [0.29, 0.717) is 0 Å². The Labute approximate surface area is 114 Å². The molecule has 2 N–H and O–H groups in total. The Morgan fingerprint density at radius 3 is 1.80 bits per heavy atom. The van der Waals surface area contributed by atoms with Gasteiger partial charge in [0.2, 0.25) is 11.8 Å². The molecule has 0 aromatic heterocycles. The van der Waals surface area contributed by atoms with Crippen LogP contribution in [-0.4, -0.2) is 36.7 Å². The lowest BCUT2D eigenvalue weighted by molar-refractivity contribution is -0.202. The maximum Gasteiger partial charge on any atom is 0.328 e. The van der Waals surface area contributed by atoms with Gasteiger partial charge in [0.1, 0.15) is 0 Å². The molecule has 4 nitrogen and oxygen atoms in total. The van der Waals surface area contributed by atoms with Crippen molar-refractivity contribution in [2.45, 2.75) is 32.6 Å². The van der Waals surface area contributed by atoms with Crippen molar-refractivity contribution in [1.29, 1.82) is 0 Å². The topological polar surface area (TPSA) is 58.2 Å². The van der Waals surface area contributed by atoms with E-state index in [1.54, 1.807) is 10.6 Å². The lowest BCUT2D eigenvalue weighted by Gasteiger charge is -2.27. The van der Waals surface area contributed by atoms with Crippen molar-refractivity contribution >= 4 is 11.8 Å². The second-order valence-electron chi connectivity index (χ2n) is 4.74. The summed E-state index contributed by atoms with van der Waals surface area (Å²) in [4.78, 5) is 22.1. The van der Waals surface area contributed by atoms with Gasteiger partial charge in [-0.25, -0.2) is 0 Å². The summed E-state index contributed by atoms with van der Waals surface area (Å²) < 4.78 is 53.3. The molecule has 116 valence electrons. The van der Waals surface area contributed by atoms with Crippen LogP contribution in [0.1, 0.15) is 20.8 Å². The summed E-state index contributed by atoms with van der Waals surface area (Å²) in [5, 5.41) is 3.40. The number of rotatable bonds is 7. The Hall–Kier alpha value is -1.60. The molecule has 0 atom stereocenters. The van der Waals surface area contributed by atoms with Crippen LogP contribution < -0.4 is 10.6 Å². The predicted octanol–water partition coefficient (Wildman–Crippen LogP) is 1.72. The summed E-state index contributed by atoms with van der Waals surface area (Å²) >= 11 is 0. The largest absolute Gasteiger partial charge is 0.350 e. The third-order valence-electron chi connectivity index (χ3n) is 2.40. The molecule has 0 spiro atoms. The molecule has 20 heavy (non-hydrogen) atoms. The number of amides is 2. The highest BCUT2D eigenvalue weighted by Crippen LogP contribution is 2.33. The van der Waals surface area contributed by atoms with Crippen LogP contribution in [0, 0.1) is 5.92 Å². The minimum atomic E-state index is -4.48. The molecule has 0 aliphatic rings. The van der Waals surface area contributed by atoms with Crippen molar-refractivity contribution in [3.63, 3.8) is 0 Å². The first-order chi connectivity index (χ1) is 8.90. The number of alkyl halides is 4. The van der Waals surface area contributed by atoms with Gasteiger partial charge in [0.25, 0.3) is 0 Å². The van der Waals surface area contributed by atoms with E-state index >= 15 is 0 Å². The quantitative estimate of drug-likeness (QED) is 0.555. The molecule has 0 aliphatic heterocycles. The molecule has 0 heterocycles. The van der Waals surface area contributed by atoms with Crippen LogP contribution in [0.4, 0.5) is 17.6 Å². The lowest BCUT2D eigenvalue weighted by Crippen LogP contribution is -2.54. The summed E-state index contributed by atoms with van der Waals surface area (Å²) in [6.07, 6.45) is 0. The Morgan fingerprint density at radius 1 is 1.05 bits per heavy atom. The molecule has 0 bridgehead atoms. The molecule has 0 aliphatic carbocycles. The Morgan fingerprint density at radius 2 is 1.45 bits per heavy atom. The molecule has 8 heteroatoms. The third kappa shape index (κ3) is 5.18. The Bertz CT molecular complexity index is 395. The molecule has 0 fully saturated rings. The van der Waals surface area contributed by atoms with Gasteiger partial charge in [-0.05, 0) is 6.92 Å². The first-order valence-corrected chi connectivity index (χ1v) is 5.88. The van der Waals surface area contributed by atoms with E-state index in [0.717, 1.165) is 0 Å². The standard InChI is InChI=1S/C12H18F4N2O2/c1-7(2)9(19)17-5-11(13,14)12(15,16)6-18-10(20)8(3)4/h8H,1,5-6H2,2-4H3,(H,17,19)(H,18,20). The van der Waals surface area contributed by atoms with Crippen molar-refractivity contribution in [3.8, 4) is 0 Å². The van der Waals surface area contributed by atoms with E-state index in [9.17, 15) is 27.2 Å². The zero-order valence-corrected chi connectivity index (χ0v) is 11.5. The van der Waals surface area contributed by atoms with Gasteiger partial charge >= 0.3 is 11.8 Å². The van der Waals surface area contributed by atoms with Crippen molar-refractivity contribution in [1.82, 2.24) is 10.6 Å². The molecule has 0 aromatic rings. The summed E-state index contributed by atoms with van der Waals surface area (Å²) in [5.74, 6) is -11.2. The number of carbonyl (C=O) groups is 2. The van der Waals surface area contributed by atoms with Crippen LogP contribution >= 0.6 is 0 Å². The SMILES string of the molecule is C=C(C)C(=O)NCC(F)(F)C(F)(F)CNC(=O)C(C)C. The number of hydrogen-bond acceptors (Lipinski definition) is 2. The molecule has 0 aromatic carbocycles. The van der Waals surface area contributed by atoms with E-state index in [-0.39, 0.29) is 5.57 Å². The van der Waals surface area contributed by atoms with Gasteiger partial charge in [-0.15, -0.1) is 0 Å². The zero-order valence-electron chi connectivity index (χ0n) is 11.5. The molecule has 0 saturated carbocycles. The van der Waals surface area contributed by atoms with Gasteiger partial charge in [-0.3, -0.25) is 9.59 Å². The van der Waals surface area contributed by atoms with Crippen LogP contribution in [0.15, 0.2) is 12.2 Å². The maximum absolute atomic E-state index is 13.3. The first-order valence-electron chi connectivity index (χ1n) is 5.88. The van der Waals surface area contributed by atoms with Gasteiger partial charge in [-0.2, -0.15) is 17.6 Å². The number of carbonyl (C=O) groups excluding carboxylic acids is 2. The third-order valence-corrected chi connectivity index (χ3v) is 2.40. The fourth-order valence-corrected chi connectivity index (χ4v) is 1.00. The molecule has 0 unspecified atom stereocenters. The monoisotopic (exact) mass is 298 g/mol. The number of nitrogens with one attached hydrogen (secondary N) is 2. The van der Waals surface area contributed by atoms with Crippen molar-refractivity contribution in [2.75, 3.05) is 13.1 Å². The van der Waals surface area contributed by atoms with Crippen LogP contribution in [-0.2, 0) is 9.59 Å². The van der Waals surface area contributed by atoms with Crippen molar-refractivity contribution < 1.29 is 27.2 Å². The van der Waals surface area contributed by atoms with Gasteiger partial charge in [0.15, 0.2) is 0 Å².